The number of allylic oxidation sites excluding steroid dienone is 1. The first kappa shape index (κ1) is 23.1. The van der Waals surface area contributed by atoms with E-state index >= 15 is 0 Å². The molecule has 9 nitrogen and oxygen atoms in total. The number of hydrogen-bond donors (Lipinski definition) is 2. The standard InChI is InChI=1S/C27H26N6O3/c1-3-35-23-14-20(11-12-22(23)36-16-19-8-5-4-6-9-19)25-24(18(2)31-27-29-17-30-33(25)27)26(34)32-21-10-7-13-28-15-21/h4-15,17,25H,3,16H2,1-2H3,(H,32,34)(H,29,30,31)/t25-/m0/s1. The van der Waals surface area contributed by atoms with Gasteiger partial charge in [0.1, 0.15) is 19.0 Å². The molecule has 0 spiro atoms. The zero-order valence-electron chi connectivity index (χ0n) is 20.0. The van der Waals surface area contributed by atoms with Gasteiger partial charge in [0.25, 0.3) is 5.91 Å². The second-order valence-corrected chi connectivity index (χ2v) is 8.20. The number of pyridine rings is 1. The quantitative estimate of drug-likeness (QED) is 0.379. The summed E-state index contributed by atoms with van der Waals surface area (Å²) in [5.41, 5.74) is 3.67. The fraction of sp³-hybridized carbons (Fsp3) is 0.185. The van der Waals surface area contributed by atoms with Gasteiger partial charge in [-0.1, -0.05) is 36.4 Å². The van der Waals surface area contributed by atoms with Gasteiger partial charge in [-0.3, -0.25) is 9.78 Å². The van der Waals surface area contributed by atoms with E-state index in [1.54, 1.807) is 29.2 Å². The second-order valence-electron chi connectivity index (χ2n) is 8.20. The van der Waals surface area contributed by atoms with Crippen molar-refractivity contribution in [3.8, 4) is 11.5 Å². The molecule has 0 unspecified atom stereocenters. The molecule has 2 N–H and O–H groups in total. The molecular weight excluding hydrogens is 456 g/mol. The molecule has 36 heavy (non-hydrogen) atoms. The van der Waals surface area contributed by atoms with Crippen LogP contribution < -0.4 is 20.1 Å². The maximum absolute atomic E-state index is 13.5. The van der Waals surface area contributed by atoms with Crippen molar-refractivity contribution in [2.45, 2.75) is 26.5 Å². The Bertz CT molecular complexity index is 1390. The van der Waals surface area contributed by atoms with Crippen LogP contribution >= 0.6 is 0 Å². The van der Waals surface area contributed by atoms with Crippen molar-refractivity contribution >= 4 is 17.5 Å². The number of nitrogens with zero attached hydrogens (tertiary/aromatic N) is 4. The molecule has 1 aliphatic heterocycles. The number of anilines is 2. The van der Waals surface area contributed by atoms with Crippen molar-refractivity contribution in [3.05, 3.63) is 102 Å². The van der Waals surface area contributed by atoms with Gasteiger partial charge in [0.05, 0.1) is 24.1 Å². The first-order chi connectivity index (χ1) is 17.6. The number of hydrogen-bond acceptors (Lipinski definition) is 7. The van der Waals surface area contributed by atoms with Crippen LogP contribution in [0.5, 0.6) is 11.5 Å². The number of ether oxygens (including phenoxy) is 2. The van der Waals surface area contributed by atoms with Crippen molar-refractivity contribution < 1.29 is 14.3 Å². The number of carbonyl (C=O) groups excluding carboxylic acids is 1. The average molecular weight is 483 g/mol. The summed E-state index contributed by atoms with van der Waals surface area (Å²) in [6.07, 6.45) is 4.72. The van der Waals surface area contributed by atoms with E-state index in [1.165, 1.54) is 6.33 Å². The fourth-order valence-corrected chi connectivity index (χ4v) is 4.15. The van der Waals surface area contributed by atoms with Crippen molar-refractivity contribution in [3.63, 3.8) is 0 Å². The molecule has 0 bridgehead atoms. The summed E-state index contributed by atoms with van der Waals surface area (Å²) in [5, 5.41) is 10.5. The summed E-state index contributed by atoms with van der Waals surface area (Å²) in [4.78, 5) is 21.9. The molecule has 0 radical (unpaired) electrons. The molecule has 9 heteroatoms. The number of amides is 1. The van der Waals surface area contributed by atoms with E-state index in [0.717, 1.165) is 11.1 Å². The number of carbonyl (C=O) groups is 1. The highest BCUT2D eigenvalue weighted by molar-refractivity contribution is 6.05. The molecule has 2 aromatic heterocycles. The Morgan fingerprint density at radius 2 is 1.94 bits per heavy atom. The Kier molecular flexibility index (Phi) is 6.61. The maximum atomic E-state index is 13.5. The number of rotatable bonds is 8. The molecule has 1 atom stereocenters. The molecule has 0 fully saturated rings. The van der Waals surface area contributed by atoms with Gasteiger partial charge in [0.15, 0.2) is 11.5 Å². The van der Waals surface area contributed by atoms with E-state index < -0.39 is 6.04 Å². The number of aromatic nitrogens is 4. The summed E-state index contributed by atoms with van der Waals surface area (Å²) in [5.74, 6) is 1.51. The van der Waals surface area contributed by atoms with E-state index in [4.69, 9.17) is 9.47 Å². The van der Waals surface area contributed by atoms with Crippen molar-refractivity contribution in [2.75, 3.05) is 17.2 Å². The van der Waals surface area contributed by atoms with Crippen molar-refractivity contribution in [2.24, 2.45) is 0 Å². The lowest BCUT2D eigenvalue weighted by molar-refractivity contribution is -0.113. The Hall–Kier alpha value is -4.66. The van der Waals surface area contributed by atoms with Gasteiger partial charge in [0.2, 0.25) is 5.95 Å². The van der Waals surface area contributed by atoms with Crippen molar-refractivity contribution in [1.29, 1.82) is 0 Å². The normalized spacial score (nSPS) is 14.6. The minimum absolute atomic E-state index is 0.262. The molecule has 0 saturated heterocycles. The zero-order chi connectivity index (χ0) is 24.9. The van der Waals surface area contributed by atoms with E-state index in [9.17, 15) is 4.79 Å². The zero-order valence-corrected chi connectivity index (χ0v) is 20.0. The average Bonchev–Trinajstić information content (AvgIpc) is 3.36. The molecule has 3 heterocycles. The van der Waals surface area contributed by atoms with Crippen LogP contribution in [-0.2, 0) is 11.4 Å². The third-order valence-corrected chi connectivity index (χ3v) is 5.78. The molecule has 182 valence electrons. The van der Waals surface area contributed by atoms with Crippen LogP contribution in [0, 0.1) is 0 Å². The van der Waals surface area contributed by atoms with E-state index in [2.05, 4.69) is 25.7 Å². The maximum Gasteiger partial charge on any atom is 0.255 e. The van der Waals surface area contributed by atoms with Gasteiger partial charge in [-0.15, -0.1) is 0 Å². The van der Waals surface area contributed by atoms with E-state index in [-0.39, 0.29) is 5.91 Å². The second kappa shape index (κ2) is 10.3. The van der Waals surface area contributed by atoms with Crippen LogP contribution in [0.25, 0.3) is 0 Å². The third kappa shape index (κ3) is 4.76. The molecular formula is C27H26N6O3. The van der Waals surface area contributed by atoms with Gasteiger partial charge in [-0.05, 0) is 49.2 Å². The molecule has 2 aromatic carbocycles. The third-order valence-electron chi connectivity index (χ3n) is 5.78. The lowest BCUT2D eigenvalue weighted by atomic mass is 9.94. The fourth-order valence-electron chi connectivity index (χ4n) is 4.15. The molecule has 1 aliphatic rings. The van der Waals surface area contributed by atoms with E-state index in [1.807, 2.05) is 62.4 Å². The van der Waals surface area contributed by atoms with Crippen LogP contribution in [0.2, 0.25) is 0 Å². The number of fused-ring (bicyclic) bond motifs is 1. The first-order valence-electron chi connectivity index (χ1n) is 11.7. The summed E-state index contributed by atoms with van der Waals surface area (Å²) in [6.45, 7) is 4.66. The smallest absolute Gasteiger partial charge is 0.255 e. The highest BCUT2D eigenvalue weighted by atomic mass is 16.5. The van der Waals surface area contributed by atoms with Gasteiger partial charge >= 0.3 is 0 Å². The van der Waals surface area contributed by atoms with Gasteiger partial charge in [-0.25, -0.2) is 4.68 Å². The van der Waals surface area contributed by atoms with Crippen LogP contribution in [0.4, 0.5) is 11.6 Å². The van der Waals surface area contributed by atoms with Crippen LogP contribution in [-0.4, -0.2) is 32.3 Å². The summed E-state index contributed by atoms with van der Waals surface area (Å²) < 4.78 is 13.7. The highest BCUT2D eigenvalue weighted by Gasteiger charge is 2.34. The first-order valence-corrected chi connectivity index (χ1v) is 11.7. The Morgan fingerprint density at radius 1 is 1.08 bits per heavy atom. The van der Waals surface area contributed by atoms with Crippen LogP contribution in [0.3, 0.4) is 0 Å². The summed E-state index contributed by atoms with van der Waals surface area (Å²) >= 11 is 0. The van der Waals surface area contributed by atoms with Crippen molar-refractivity contribution in [1.82, 2.24) is 19.7 Å². The van der Waals surface area contributed by atoms with Gasteiger partial charge in [-0.2, -0.15) is 10.1 Å². The Labute approximate surface area is 208 Å². The molecule has 1 amide bonds. The van der Waals surface area contributed by atoms with Gasteiger partial charge in [0, 0.05) is 11.9 Å². The lowest BCUT2D eigenvalue weighted by Gasteiger charge is -2.29. The van der Waals surface area contributed by atoms with E-state index in [0.29, 0.717) is 47.6 Å². The lowest BCUT2D eigenvalue weighted by Crippen LogP contribution is -2.31. The molecule has 0 saturated carbocycles. The Morgan fingerprint density at radius 3 is 2.72 bits per heavy atom. The van der Waals surface area contributed by atoms with Gasteiger partial charge < -0.3 is 20.1 Å². The highest BCUT2D eigenvalue weighted by Crippen LogP contribution is 2.39. The summed E-state index contributed by atoms with van der Waals surface area (Å²) in [7, 11) is 0. The predicted molar refractivity (Wildman–Crippen MR) is 136 cm³/mol. The largest absolute Gasteiger partial charge is 0.490 e. The number of benzene rings is 2. The SMILES string of the molecule is CCOc1cc([C@H]2C(C(=O)Nc3cccnc3)=C(C)Nc3ncnn32)ccc1OCc1ccccc1. The topological polar surface area (TPSA) is 103 Å². The minimum Gasteiger partial charge on any atom is -0.490 e. The van der Waals surface area contributed by atoms with Crippen LogP contribution in [0.1, 0.15) is 31.0 Å². The number of nitrogens with one attached hydrogen (secondary N) is 2. The summed E-state index contributed by atoms with van der Waals surface area (Å²) in [6, 6.07) is 18.7. The van der Waals surface area contributed by atoms with Crippen LogP contribution in [0.15, 0.2) is 90.7 Å². The molecule has 0 aliphatic carbocycles. The minimum atomic E-state index is -0.525. The Balaban J connectivity index is 1.50. The molecule has 4 aromatic rings. The predicted octanol–water partition coefficient (Wildman–Crippen LogP) is 4.58. The monoisotopic (exact) mass is 482 g/mol. The molecule has 5 rings (SSSR count).